The number of alkyl halides is 1. The molecule has 2 atom stereocenters. The van der Waals surface area contributed by atoms with Crippen LogP contribution in [0.5, 0.6) is 0 Å². The molecule has 0 aromatic carbocycles. The highest BCUT2D eigenvalue weighted by molar-refractivity contribution is 6.18. The second kappa shape index (κ2) is 4.85. The Kier molecular flexibility index (Phi) is 4.04. The molecule has 0 spiro atoms. The van der Waals surface area contributed by atoms with E-state index in [9.17, 15) is 4.79 Å². The molecule has 1 N–H and O–H groups in total. The summed E-state index contributed by atoms with van der Waals surface area (Å²) >= 11 is 5.70. The number of hydrogen-bond donors (Lipinski definition) is 1. The highest BCUT2D eigenvalue weighted by atomic mass is 35.5. The molecule has 1 aliphatic rings. The van der Waals surface area contributed by atoms with Crippen LogP contribution in [0, 0.1) is 11.8 Å². The van der Waals surface area contributed by atoms with Crippen molar-refractivity contribution in [1.82, 2.24) is 5.32 Å². The van der Waals surface area contributed by atoms with E-state index in [0.717, 1.165) is 0 Å². The fourth-order valence-corrected chi connectivity index (χ4v) is 1.44. The van der Waals surface area contributed by atoms with Crippen molar-refractivity contribution in [3.8, 4) is 0 Å². The Morgan fingerprint density at radius 2 is 2.15 bits per heavy atom. The summed E-state index contributed by atoms with van der Waals surface area (Å²) in [5.41, 5.74) is 0. The molecule has 1 fully saturated rings. The lowest BCUT2D eigenvalue weighted by Crippen LogP contribution is -2.37. The van der Waals surface area contributed by atoms with Crippen LogP contribution in [0.15, 0.2) is 0 Å². The van der Waals surface area contributed by atoms with Gasteiger partial charge >= 0.3 is 0 Å². The minimum atomic E-state index is 0.187. The summed E-state index contributed by atoms with van der Waals surface area (Å²) in [7, 11) is 0. The third-order valence-corrected chi connectivity index (χ3v) is 3.14. The molecule has 1 aliphatic carbocycles. The first-order valence-electron chi connectivity index (χ1n) is 4.98. The van der Waals surface area contributed by atoms with Gasteiger partial charge in [0.05, 0.1) is 0 Å². The number of rotatable bonds is 5. The van der Waals surface area contributed by atoms with Crippen LogP contribution in [0.2, 0.25) is 0 Å². The highest BCUT2D eigenvalue weighted by Crippen LogP contribution is 2.32. The lowest BCUT2D eigenvalue weighted by atomic mass is 10.1. The van der Waals surface area contributed by atoms with Gasteiger partial charge in [-0.05, 0) is 31.6 Å². The first-order valence-corrected chi connectivity index (χ1v) is 5.52. The Labute approximate surface area is 85.0 Å². The zero-order chi connectivity index (χ0) is 9.84. The van der Waals surface area contributed by atoms with Gasteiger partial charge in [0.2, 0.25) is 5.91 Å². The summed E-state index contributed by atoms with van der Waals surface area (Å²) in [5, 5.41) is 2.98. The summed E-state index contributed by atoms with van der Waals surface area (Å²) in [6, 6.07) is 0.198. The van der Waals surface area contributed by atoms with Gasteiger partial charge < -0.3 is 5.32 Å². The first kappa shape index (κ1) is 10.8. The summed E-state index contributed by atoms with van der Waals surface area (Å²) in [4.78, 5) is 11.4. The van der Waals surface area contributed by atoms with E-state index in [-0.39, 0.29) is 11.9 Å². The van der Waals surface area contributed by atoms with Gasteiger partial charge in [-0.1, -0.05) is 6.92 Å². The number of carbonyl (C=O) groups is 1. The van der Waals surface area contributed by atoms with Crippen molar-refractivity contribution in [3.05, 3.63) is 0 Å². The van der Waals surface area contributed by atoms with Crippen LogP contribution in [0.4, 0.5) is 0 Å². The zero-order valence-electron chi connectivity index (χ0n) is 8.35. The predicted octanol–water partition coefficient (Wildman–Crippen LogP) is 2.17. The van der Waals surface area contributed by atoms with Gasteiger partial charge in [0.15, 0.2) is 0 Å². The van der Waals surface area contributed by atoms with Crippen molar-refractivity contribution < 1.29 is 4.79 Å². The normalized spacial score (nSPS) is 20.8. The van der Waals surface area contributed by atoms with Crippen LogP contribution in [0.3, 0.4) is 0 Å². The zero-order valence-corrected chi connectivity index (χ0v) is 9.10. The average molecular weight is 204 g/mol. The Bertz CT molecular complexity index is 180. The third-order valence-electron chi connectivity index (χ3n) is 2.66. The molecule has 0 heterocycles. The monoisotopic (exact) mass is 203 g/mol. The summed E-state index contributed by atoms with van der Waals surface area (Å²) < 4.78 is 0. The Morgan fingerprint density at radius 1 is 1.54 bits per heavy atom. The molecule has 1 amide bonds. The van der Waals surface area contributed by atoms with Crippen LogP contribution >= 0.6 is 11.6 Å². The van der Waals surface area contributed by atoms with E-state index in [4.69, 9.17) is 11.6 Å². The molecule has 1 rings (SSSR count). The van der Waals surface area contributed by atoms with Crippen molar-refractivity contribution in [2.45, 2.75) is 39.2 Å². The second-order valence-corrected chi connectivity index (χ2v) is 4.44. The Balaban J connectivity index is 2.17. The Morgan fingerprint density at radius 3 is 2.62 bits per heavy atom. The SMILES string of the molecule is CC(CCl)C(C)NC(=O)CC1CC1. The summed E-state index contributed by atoms with van der Waals surface area (Å²) in [5.74, 6) is 1.81. The molecule has 2 nitrogen and oxygen atoms in total. The van der Waals surface area contributed by atoms with Gasteiger partial charge in [-0.2, -0.15) is 0 Å². The number of carbonyl (C=O) groups excluding carboxylic acids is 1. The maximum absolute atomic E-state index is 11.4. The maximum atomic E-state index is 11.4. The number of nitrogens with one attached hydrogen (secondary N) is 1. The lowest BCUT2D eigenvalue weighted by molar-refractivity contribution is -0.122. The minimum Gasteiger partial charge on any atom is -0.353 e. The van der Waals surface area contributed by atoms with E-state index in [0.29, 0.717) is 24.1 Å². The van der Waals surface area contributed by atoms with E-state index in [1.807, 2.05) is 6.92 Å². The molecule has 0 saturated heterocycles. The quantitative estimate of drug-likeness (QED) is 0.682. The molecule has 1 saturated carbocycles. The largest absolute Gasteiger partial charge is 0.353 e. The van der Waals surface area contributed by atoms with Crippen molar-refractivity contribution in [2.75, 3.05) is 5.88 Å². The van der Waals surface area contributed by atoms with Crippen molar-refractivity contribution in [3.63, 3.8) is 0 Å². The molecular formula is C10H18ClNO. The van der Waals surface area contributed by atoms with E-state index in [1.165, 1.54) is 12.8 Å². The van der Waals surface area contributed by atoms with Gasteiger partial charge in [0.25, 0.3) is 0 Å². The van der Waals surface area contributed by atoms with Gasteiger partial charge in [0, 0.05) is 18.3 Å². The molecule has 0 aliphatic heterocycles. The molecular weight excluding hydrogens is 186 g/mol. The summed E-state index contributed by atoms with van der Waals surface area (Å²) in [6.07, 6.45) is 3.17. The van der Waals surface area contributed by atoms with Gasteiger partial charge in [-0.15, -0.1) is 11.6 Å². The van der Waals surface area contributed by atoms with E-state index < -0.39 is 0 Å². The Hall–Kier alpha value is -0.240. The molecule has 13 heavy (non-hydrogen) atoms. The van der Waals surface area contributed by atoms with Gasteiger partial charge in [-0.25, -0.2) is 0 Å². The molecule has 0 bridgehead atoms. The fraction of sp³-hybridized carbons (Fsp3) is 0.900. The highest BCUT2D eigenvalue weighted by Gasteiger charge is 2.25. The van der Waals surface area contributed by atoms with Crippen molar-refractivity contribution in [2.24, 2.45) is 11.8 Å². The molecule has 3 heteroatoms. The van der Waals surface area contributed by atoms with Gasteiger partial charge in [-0.3, -0.25) is 4.79 Å². The van der Waals surface area contributed by atoms with Gasteiger partial charge in [0.1, 0.15) is 0 Å². The van der Waals surface area contributed by atoms with Crippen molar-refractivity contribution in [1.29, 1.82) is 0 Å². The van der Waals surface area contributed by atoms with Crippen LogP contribution in [-0.2, 0) is 4.79 Å². The minimum absolute atomic E-state index is 0.187. The molecule has 0 aromatic heterocycles. The fourth-order valence-electron chi connectivity index (χ4n) is 1.17. The number of amides is 1. The first-order chi connectivity index (χ1) is 6.13. The molecule has 0 radical (unpaired) electrons. The predicted molar refractivity (Wildman–Crippen MR) is 54.8 cm³/mol. The van der Waals surface area contributed by atoms with Crippen LogP contribution < -0.4 is 5.32 Å². The topological polar surface area (TPSA) is 29.1 Å². The average Bonchev–Trinajstić information content (AvgIpc) is 2.86. The number of halogens is 1. The lowest BCUT2D eigenvalue weighted by Gasteiger charge is -2.18. The standard InChI is InChI=1S/C10H18ClNO/c1-7(6-11)8(2)12-10(13)5-9-3-4-9/h7-9H,3-6H2,1-2H3,(H,12,13). The maximum Gasteiger partial charge on any atom is 0.220 e. The van der Waals surface area contributed by atoms with E-state index in [2.05, 4.69) is 12.2 Å². The second-order valence-electron chi connectivity index (χ2n) is 4.14. The van der Waals surface area contributed by atoms with E-state index in [1.54, 1.807) is 0 Å². The third kappa shape index (κ3) is 3.99. The van der Waals surface area contributed by atoms with Crippen molar-refractivity contribution >= 4 is 17.5 Å². The number of hydrogen-bond acceptors (Lipinski definition) is 1. The van der Waals surface area contributed by atoms with Crippen LogP contribution in [0.25, 0.3) is 0 Å². The molecule has 2 unspecified atom stereocenters. The van der Waals surface area contributed by atoms with Crippen LogP contribution in [-0.4, -0.2) is 17.8 Å². The smallest absolute Gasteiger partial charge is 0.220 e. The van der Waals surface area contributed by atoms with Crippen LogP contribution in [0.1, 0.15) is 33.1 Å². The summed E-state index contributed by atoms with van der Waals surface area (Å²) in [6.45, 7) is 4.06. The molecule has 76 valence electrons. The molecule has 0 aromatic rings. The van der Waals surface area contributed by atoms with E-state index >= 15 is 0 Å².